The zero-order chi connectivity index (χ0) is 16.8. The zero-order valence-electron chi connectivity index (χ0n) is 15.4. The third-order valence-electron chi connectivity index (χ3n) is 6.30. The molecule has 0 aliphatic heterocycles. The van der Waals surface area contributed by atoms with E-state index in [1.165, 1.54) is 82.9 Å². The lowest BCUT2D eigenvalue weighted by Crippen LogP contribution is -2.37. The number of nitrogens with zero attached hydrogens (tertiary/aromatic N) is 2. The van der Waals surface area contributed by atoms with Gasteiger partial charge in [0.15, 0.2) is 0 Å². The first-order chi connectivity index (χ1) is 11.7. The van der Waals surface area contributed by atoms with Gasteiger partial charge in [-0.2, -0.15) is 0 Å². The van der Waals surface area contributed by atoms with E-state index in [9.17, 15) is 0 Å². The van der Waals surface area contributed by atoms with Crippen molar-refractivity contribution in [3.05, 3.63) is 23.9 Å². The minimum Gasteiger partial charge on any atom is -0.383 e. The van der Waals surface area contributed by atoms with Crippen LogP contribution in [0.5, 0.6) is 0 Å². The molecule has 3 nitrogen and oxygen atoms in total. The molecule has 2 fully saturated rings. The molecule has 2 N–H and O–H groups in total. The number of anilines is 1. The Morgan fingerprint density at radius 3 is 2.04 bits per heavy atom. The Balaban J connectivity index is 1.70. The number of nitrogens with two attached hydrogens (primary N) is 1. The van der Waals surface area contributed by atoms with Crippen molar-refractivity contribution in [3.8, 4) is 0 Å². The fourth-order valence-corrected chi connectivity index (χ4v) is 4.77. The molecule has 0 spiro atoms. The van der Waals surface area contributed by atoms with E-state index >= 15 is 0 Å². The average Bonchev–Trinajstić information content (AvgIpc) is 2.63. The largest absolute Gasteiger partial charge is 0.383 e. The third-order valence-corrected chi connectivity index (χ3v) is 6.30. The van der Waals surface area contributed by atoms with Gasteiger partial charge in [0, 0.05) is 30.9 Å². The number of hydrogen-bond acceptors (Lipinski definition) is 3. The van der Waals surface area contributed by atoms with Crippen molar-refractivity contribution in [3.63, 3.8) is 0 Å². The molecule has 0 aromatic carbocycles. The standard InChI is InChI=1S/C21H35N3/c1-17(20-13-8-14-23-21(20)22)24(15-18-9-4-2-5-10-18)16-19-11-6-3-7-12-19/h8,13-14,17-19H,2-7,9-12,15-16H2,1H3,(H2,22,23). The molecule has 2 saturated carbocycles. The van der Waals surface area contributed by atoms with Gasteiger partial charge in [-0.15, -0.1) is 0 Å². The van der Waals surface area contributed by atoms with Gasteiger partial charge >= 0.3 is 0 Å². The lowest BCUT2D eigenvalue weighted by Gasteiger charge is -2.37. The topological polar surface area (TPSA) is 42.1 Å². The summed E-state index contributed by atoms with van der Waals surface area (Å²) in [6.45, 7) is 4.82. The van der Waals surface area contributed by atoms with Crippen LogP contribution >= 0.6 is 0 Å². The molecule has 0 bridgehead atoms. The average molecular weight is 330 g/mol. The SMILES string of the molecule is CC(c1cccnc1N)N(CC1CCCCC1)CC1CCCCC1. The van der Waals surface area contributed by atoms with Gasteiger partial charge in [-0.3, -0.25) is 4.90 Å². The van der Waals surface area contributed by atoms with Crippen LogP contribution < -0.4 is 5.73 Å². The highest BCUT2D eigenvalue weighted by atomic mass is 15.2. The van der Waals surface area contributed by atoms with Crippen molar-refractivity contribution in [1.29, 1.82) is 0 Å². The van der Waals surface area contributed by atoms with E-state index < -0.39 is 0 Å². The van der Waals surface area contributed by atoms with Crippen LogP contribution in [0.15, 0.2) is 18.3 Å². The van der Waals surface area contributed by atoms with E-state index in [1.54, 1.807) is 6.20 Å². The molecule has 1 aromatic rings. The van der Waals surface area contributed by atoms with E-state index in [0.29, 0.717) is 11.9 Å². The Kier molecular flexibility index (Phi) is 6.53. The predicted octanol–water partition coefficient (Wildman–Crippen LogP) is 5.19. The van der Waals surface area contributed by atoms with Gasteiger partial charge in [0.25, 0.3) is 0 Å². The Labute approximate surface area is 148 Å². The first-order valence-electron chi connectivity index (χ1n) is 10.2. The zero-order valence-corrected chi connectivity index (χ0v) is 15.4. The molecule has 1 aromatic heterocycles. The van der Waals surface area contributed by atoms with E-state index in [0.717, 1.165) is 11.8 Å². The second-order valence-corrected chi connectivity index (χ2v) is 8.12. The monoisotopic (exact) mass is 329 g/mol. The fourth-order valence-electron chi connectivity index (χ4n) is 4.77. The molecule has 3 heteroatoms. The van der Waals surface area contributed by atoms with Crippen molar-refractivity contribution in [2.45, 2.75) is 77.2 Å². The van der Waals surface area contributed by atoms with Crippen LogP contribution in [0.4, 0.5) is 5.82 Å². The summed E-state index contributed by atoms with van der Waals surface area (Å²) in [7, 11) is 0. The summed E-state index contributed by atoms with van der Waals surface area (Å²) < 4.78 is 0. The van der Waals surface area contributed by atoms with E-state index in [-0.39, 0.29) is 0 Å². The van der Waals surface area contributed by atoms with Crippen LogP contribution in [0.25, 0.3) is 0 Å². The van der Waals surface area contributed by atoms with E-state index in [2.05, 4.69) is 22.9 Å². The Bertz CT molecular complexity index is 470. The molecule has 0 radical (unpaired) electrons. The summed E-state index contributed by atoms with van der Waals surface area (Å²) in [5, 5.41) is 0. The first-order valence-corrected chi connectivity index (χ1v) is 10.2. The summed E-state index contributed by atoms with van der Waals surface area (Å²) in [6, 6.07) is 4.58. The molecular formula is C21H35N3. The molecule has 2 aliphatic carbocycles. The quantitative estimate of drug-likeness (QED) is 0.781. The molecular weight excluding hydrogens is 294 g/mol. The smallest absolute Gasteiger partial charge is 0.128 e. The summed E-state index contributed by atoms with van der Waals surface area (Å²) in [5.74, 6) is 2.47. The van der Waals surface area contributed by atoms with Crippen molar-refractivity contribution >= 4 is 5.82 Å². The van der Waals surface area contributed by atoms with Crippen molar-refractivity contribution in [2.24, 2.45) is 11.8 Å². The highest BCUT2D eigenvalue weighted by Crippen LogP contribution is 2.32. The molecule has 2 aliphatic rings. The predicted molar refractivity (Wildman–Crippen MR) is 102 cm³/mol. The number of pyridine rings is 1. The van der Waals surface area contributed by atoms with E-state index in [4.69, 9.17) is 5.73 Å². The Hall–Kier alpha value is -1.09. The Morgan fingerprint density at radius 1 is 1.00 bits per heavy atom. The number of nitrogen functional groups attached to an aromatic ring is 1. The van der Waals surface area contributed by atoms with Gasteiger partial charge in [-0.25, -0.2) is 4.98 Å². The van der Waals surface area contributed by atoms with Crippen molar-refractivity contribution in [2.75, 3.05) is 18.8 Å². The maximum Gasteiger partial charge on any atom is 0.128 e. The lowest BCUT2D eigenvalue weighted by molar-refractivity contribution is 0.122. The molecule has 0 saturated heterocycles. The van der Waals surface area contributed by atoms with Gasteiger partial charge in [0.05, 0.1) is 0 Å². The van der Waals surface area contributed by atoms with Gasteiger partial charge in [-0.1, -0.05) is 44.6 Å². The first kappa shape index (κ1) is 17.7. The molecule has 1 heterocycles. The second-order valence-electron chi connectivity index (χ2n) is 8.12. The van der Waals surface area contributed by atoms with Crippen LogP contribution in [0.3, 0.4) is 0 Å². The lowest BCUT2D eigenvalue weighted by atomic mass is 9.86. The summed E-state index contributed by atoms with van der Waals surface area (Å²) in [4.78, 5) is 7.06. The number of rotatable bonds is 6. The third kappa shape index (κ3) is 4.72. The van der Waals surface area contributed by atoms with Crippen LogP contribution in [0, 0.1) is 11.8 Å². The van der Waals surface area contributed by atoms with Gasteiger partial charge in [0.1, 0.15) is 5.82 Å². The Morgan fingerprint density at radius 2 is 1.54 bits per heavy atom. The summed E-state index contributed by atoms with van der Waals surface area (Å²) in [6.07, 6.45) is 16.0. The summed E-state index contributed by atoms with van der Waals surface area (Å²) in [5.41, 5.74) is 7.40. The minimum atomic E-state index is 0.377. The van der Waals surface area contributed by atoms with Gasteiger partial charge in [-0.05, 0) is 50.5 Å². The van der Waals surface area contributed by atoms with Crippen molar-refractivity contribution in [1.82, 2.24) is 9.88 Å². The molecule has 1 unspecified atom stereocenters. The highest BCUT2D eigenvalue weighted by molar-refractivity contribution is 5.40. The van der Waals surface area contributed by atoms with Crippen LogP contribution in [0.2, 0.25) is 0 Å². The van der Waals surface area contributed by atoms with Crippen molar-refractivity contribution < 1.29 is 0 Å². The molecule has 0 amide bonds. The molecule has 24 heavy (non-hydrogen) atoms. The minimum absolute atomic E-state index is 0.377. The molecule has 1 atom stereocenters. The maximum atomic E-state index is 6.19. The number of aromatic nitrogens is 1. The molecule has 134 valence electrons. The van der Waals surface area contributed by atoms with Gasteiger partial charge in [0.2, 0.25) is 0 Å². The normalized spacial score (nSPS) is 21.9. The number of hydrogen-bond donors (Lipinski definition) is 1. The van der Waals surface area contributed by atoms with E-state index in [1.807, 2.05) is 6.07 Å². The van der Waals surface area contributed by atoms with Crippen LogP contribution in [-0.4, -0.2) is 23.0 Å². The highest BCUT2D eigenvalue weighted by Gasteiger charge is 2.26. The molecule has 3 rings (SSSR count). The summed E-state index contributed by atoms with van der Waals surface area (Å²) >= 11 is 0. The fraction of sp³-hybridized carbons (Fsp3) is 0.762. The second kappa shape index (κ2) is 8.84. The van der Waals surface area contributed by atoms with Crippen LogP contribution in [0.1, 0.15) is 82.7 Å². The maximum absolute atomic E-state index is 6.19. The van der Waals surface area contributed by atoms with Crippen LogP contribution in [-0.2, 0) is 0 Å². The van der Waals surface area contributed by atoms with Gasteiger partial charge < -0.3 is 5.73 Å².